The molecule has 0 saturated heterocycles. The molecule has 1 aliphatic carbocycles. The molecule has 2 rings (SSSR count). The number of nitrogens with zero attached hydrogens (tertiary/aromatic N) is 1. The first-order chi connectivity index (χ1) is 7.00. The first-order valence-electron chi connectivity index (χ1n) is 5.33. The molecular weight excluding hydrogens is 208 g/mol. The summed E-state index contributed by atoms with van der Waals surface area (Å²) < 4.78 is 0. The number of thiazole rings is 1. The Labute approximate surface area is 94.5 Å². The smallest absolute Gasteiger partial charge is 0.107 e. The number of hydrogen-bond acceptors (Lipinski definition) is 4. The van der Waals surface area contributed by atoms with E-state index in [1.165, 1.54) is 4.88 Å². The average Bonchev–Trinajstić information content (AvgIpc) is 2.58. The van der Waals surface area contributed by atoms with Gasteiger partial charge in [-0.1, -0.05) is 13.8 Å². The lowest BCUT2D eigenvalue weighted by Gasteiger charge is -2.49. The predicted octanol–water partition coefficient (Wildman–Crippen LogP) is 1.70. The van der Waals surface area contributed by atoms with Crippen molar-refractivity contribution in [3.63, 3.8) is 0 Å². The standard InChI is InChI=1S/C11H18N2OS/c1-7-5-13-10(15-7)6-12-8-4-9(14)11(8,2)3/h5,8-9,12,14H,4,6H2,1-3H3. The minimum absolute atomic E-state index is 0.00625. The molecule has 0 aromatic carbocycles. The quantitative estimate of drug-likeness (QED) is 0.824. The maximum Gasteiger partial charge on any atom is 0.107 e. The monoisotopic (exact) mass is 226 g/mol. The second-order valence-corrected chi connectivity index (χ2v) is 6.19. The van der Waals surface area contributed by atoms with Crippen molar-refractivity contribution in [1.29, 1.82) is 0 Å². The van der Waals surface area contributed by atoms with Gasteiger partial charge in [0.05, 0.1) is 6.10 Å². The summed E-state index contributed by atoms with van der Waals surface area (Å²) in [6.45, 7) is 7.09. The van der Waals surface area contributed by atoms with Gasteiger partial charge in [-0.05, 0) is 13.3 Å². The van der Waals surface area contributed by atoms with E-state index in [0.717, 1.165) is 18.0 Å². The minimum atomic E-state index is -0.159. The van der Waals surface area contributed by atoms with Crippen LogP contribution in [0.5, 0.6) is 0 Å². The van der Waals surface area contributed by atoms with Crippen LogP contribution < -0.4 is 5.32 Å². The summed E-state index contributed by atoms with van der Waals surface area (Å²) in [6, 6.07) is 0.414. The van der Waals surface area contributed by atoms with Crippen LogP contribution >= 0.6 is 11.3 Å². The average molecular weight is 226 g/mol. The maximum absolute atomic E-state index is 9.59. The van der Waals surface area contributed by atoms with E-state index >= 15 is 0 Å². The van der Waals surface area contributed by atoms with Gasteiger partial charge in [0.25, 0.3) is 0 Å². The van der Waals surface area contributed by atoms with Gasteiger partial charge in [0.2, 0.25) is 0 Å². The zero-order valence-corrected chi connectivity index (χ0v) is 10.3. The Balaban J connectivity index is 1.85. The zero-order chi connectivity index (χ0) is 11.1. The van der Waals surface area contributed by atoms with Gasteiger partial charge in [0.15, 0.2) is 0 Å². The Hall–Kier alpha value is -0.450. The lowest BCUT2D eigenvalue weighted by atomic mass is 9.64. The number of nitrogens with one attached hydrogen (secondary N) is 1. The van der Waals surface area contributed by atoms with Crippen LogP contribution in [-0.2, 0) is 6.54 Å². The van der Waals surface area contributed by atoms with Crippen molar-refractivity contribution >= 4 is 11.3 Å². The Morgan fingerprint density at radius 2 is 2.40 bits per heavy atom. The van der Waals surface area contributed by atoms with Gasteiger partial charge in [0.1, 0.15) is 5.01 Å². The number of aryl methyl sites for hydroxylation is 1. The second-order valence-electron chi connectivity index (χ2n) is 4.87. The van der Waals surface area contributed by atoms with E-state index in [1.54, 1.807) is 11.3 Å². The molecule has 0 bridgehead atoms. The van der Waals surface area contributed by atoms with Crippen LogP contribution in [0.15, 0.2) is 6.20 Å². The fourth-order valence-electron chi connectivity index (χ4n) is 1.94. The van der Waals surface area contributed by atoms with Crippen LogP contribution in [0, 0.1) is 12.3 Å². The number of aromatic nitrogens is 1. The highest BCUT2D eigenvalue weighted by atomic mass is 32.1. The van der Waals surface area contributed by atoms with Gasteiger partial charge in [-0.25, -0.2) is 4.98 Å². The third kappa shape index (κ3) is 2.07. The van der Waals surface area contributed by atoms with E-state index in [9.17, 15) is 5.11 Å². The molecule has 1 aliphatic rings. The van der Waals surface area contributed by atoms with Crippen LogP contribution in [0.2, 0.25) is 0 Å². The summed E-state index contributed by atoms with van der Waals surface area (Å²) in [5, 5.41) is 14.2. The van der Waals surface area contributed by atoms with Gasteiger partial charge in [-0.3, -0.25) is 0 Å². The summed E-state index contributed by atoms with van der Waals surface area (Å²) in [5.74, 6) is 0. The van der Waals surface area contributed by atoms with E-state index in [4.69, 9.17) is 0 Å². The summed E-state index contributed by atoms with van der Waals surface area (Å²) in [4.78, 5) is 5.56. The van der Waals surface area contributed by atoms with Crippen LogP contribution in [-0.4, -0.2) is 22.2 Å². The van der Waals surface area contributed by atoms with Crippen LogP contribution in [0.3, 0.4) is 0 Å². The fraction of sp³-hybridized carbons (Fsp3) is 0.727. The number of aliphatic hydroxyl groups is 1. The molecule has 0 radical (unpaired) electrons. The van der Waals surface area contributed by atoms with Crippen molar-refractivity contribution in [3.05, 3.63) is 16.1 Å². The summed E-state index contributed by atoms with van der Waals surface area (Å²) >= 11 is 1.73. The van der Waals surface area contributed by atoms with Crippen molar-refractivity contribution in [2.75, 3.05) is 0 Å². The lowest BCUT2D eigenvalue weighted by molar-refractivity contribution is -0.0729. The second kappa shape index (κ2) is 3.85. The molecule has 0 aliphatic heterocycles. The summed E-state index contributed by atoms with van der Waals surface area (Å²) in [7, 11) is 0. The molecule has 84 valence electrons. The third-order valence-corrected chi connectivity index (χ3v) is 4.30. The molecule has 1 heterocycles. The first kappa shape index (κ1) is 11.0. The van der Waals surface area contributed by atoms with Gasteiger partial charge in [-0.2, -0.15) is 0 Å². The van der Waals surface area contributed by atoms with Crippen LogP contribution in [0.1, 0.15) is 30.2 Å². The molecule has 0 spiro atoms. The van der Waals surface area contributed by atoms with E-state index in [2.05, 4.69) is 31.1 Å². The maximum atomic E-state index is 9.59. The van der Waals surface area contributed by atoms with Gasteiger partial charge in [0, 0.05) is 29.1 Å². The normalized spacial score (nSPS) is 28.8. The van der Waals surface area contributed by atoms with Crippen molar-refractivity contribution in [2.24, 2.45) is 5.41 Å². The Kier molecular flexibility index (Phi) is 2.83. The topological polar surface area (TPSA) is 45.2 Å². The molecule has 4 heteroatoms. The van der Waals surface area contributed by atoms with Crippen molar-refractivity contribution in [1.82, 2.24) is 10.3 Å². The Morgan fingerprint density at radius 1 is 1.67 bits per heavy atom. The van der Waals surface area contributed by atoms with Gasteiger partial charge < -0.3 is 10.4 Å². The SMILES string of the molecule is Cc1cnc(CNC2CC(O)C2(C)C)s1. The molecule has 3 nitrogen and oxygen atoms in total. The number of hydrogen-bond donors (Lipinski definition) is 2. The molecule has 1 aromatic rings. The van der Waals surface area contributed by atoms with Crippen LogP contribution in [0.4, 0.5) is 0 Å². The highest BCUT2D eigenvalue weighted by molar-refractivity contribution is 7.11. The van der Waals surface area contributed by atoms with Gasteiger partial charge >= 0.3 is 0 Å². The largest absolute Gasteiger partial charge is 0.392 e. The van der Waals surface area contributed by atoms with Gasteiger partial charge in [-0.15, -0.1) is 11.3 Å². The van der Waals surface area contributed by atoms with Crippen molar-refractivity contribution in [3.8, 4) is 0 Å². The highest BCUT2D eigenvalue weighted by Gasteiger charge is 2.46. The molecule has 2 N–H and O–H groups in total. The minimum Gasteiger partial charge on any atom is -0.392 e. The molecule has 2 unspecified atom stereocenters. The fourth-order valence-corrected chi connectivity index (χ4v) is 2.68. The van der Waals surface area contributed by atoms with E-state index in [1.807, 2.05) is 6.20 Å². The highest BCUT2D eigenvalue weighted by Crippen LogP contribution is 2.40. The number of aliphatic hydroxyl groups excluding tert-OH is 1. The predicted molar refractivity (Wildman–Crippen MR) is 61.9 cm³/mol. The van der Waals surface area contributed by atoms with E-state index < -0.39 is 0 Å². The van der Waals surface area contributed by atoms with Crippen LogP contribution in [0.25, 0.3) is 0 Å². The van der Waals surface area contributed by atoms with Crippen molar-refractivity contribution in [2.45, 2.75) is 45.9 Å². The number of rotatable bonds is 3. The van der Waals surface area contributed by atoms with E-state index in [0.29, 0.717) is 6.04 Å². The molecule has 0 amide bonds. The summed E-state index contributed by atoms with van der Waals surface area (Å²) in [6.07, 6.45) is 2.60. The van der Waals surface area contributed by atoms with Crippen molar-refractivity contribution < 1.29 is 5.11 Å². The molecule has 1 fully saturated rings. The lowest BCUT2D eigenvalue weighted by Crippen LogP contribution is -2.59. The zero-order valence-electron chi connectivity index (χ0n) is 9.45. The molecule has 1 aromatic heterocycles. The van der Waals surface area contributed by atoms with E-state index in [-0.39, 0.29) is 11.5 Å². The first-order valence-corrected chi connectivity index (χ1v) is 6.14. The Morgan fingerprint density at radius 3 is 2.87 bits per heavy atom. The third-order valence-electron chi connectivity index (χ3n) is 3.38. The summed E-state index contributed by atoms with van der Waals surface area (Å²) in [5.41, 5.74) is 0.00625. The molecule has 2 atom stereocenters. The molecule has 15 heavy (non-hydrogen) atoms. The molecular formula is C11H18N2OS. The Bertz CT molecular complexity index is 348. The molecule has 1 saturated carbocycles.